The van der Waals surface area contributed by atoms with E-state index in [0.717, 1.165) is 40.6 Å². The maximum absolute atomic E-state index is 14.2. The lowest BCUT2D eigenvalue weighted by molar-refractivity contribution is -0.120. The number of carbonyl (C=O) groups is 3. The van der Waals surface area contributed by atoms with Crippen LogP contribution in [-0.2, 0) is 17.6 Å². The molecule has 45 heavy (non-hydrogen) atoms. The number of aromatic amines is 1. The number of ether oxygens (including phenoxy) is 1. The fourth-order valence-corrected chi connectivity index (χ4v) is 6.64. The third kappa shape index (κ3) is 5.12. The molecule has 0 radical (unpaired) electrons. The molecule has 1 saturated heterocycles. The number of anilines is 1. The molecule has 0 spiro atoms. The summed E-state index contributed by atoms with van der Waals surface area (Å²) in [6, 6.07) is 30.9. The Morgan fingerprint density at radius 2 is 1.71 bits per heavy atom. The highest BCUT2D eigenvalue weighted by atomic mass is 16.5. The monoisotopic (exact) mass is 598 g/mol. The minimum Gasteiger partial charge on any atom is -0.497 e. The van der Waals surface area contributed by atoms with Gasteiger partial charge in [-0.2, -0.15) is 0 Å². The van der Waals surface area contributed by atoms with Crippen molar-refractivity contribution < 1.29 is 19.1 Å². The van der Waals surface area contributed by atoms with Gasteiger partial charge in [-0.3, -0.25) is 14.5 Å². The molecule has 2 aliphatic heterocycles. The molecular formula is C37H34N4O4. The first-order valence-electron chi connectivity index (χ1n) is 15.3. The van der Waals surface area contributed by atoms with Crippen LogP contribution in [0.2, 0.25) is 0 Å². The second kappa shape index (κ2) is 11.6. The number of aromatic nitrogens is 1. The van der Waals surface area contributed by atoms with E-state index in [0.29, 0.717) is 23.4 Å². The molecule has 2 N–H and O–H groups in total. The van der Waals surface area contributed by atoms with Crippen LogP contribution in [0.5, 0.6) is 5.75 Å². The van der Waals surface area contributed by atoms with Crippen LogP contribution in [0.4, 0.5) is 10.5 Å². The number of imide groups is 1. The Hall–Kier alpha value is -5.37. The number of nitrogens with one attached hydrogen (secondary N) is 2. The minimum absolute atomic E-state index is 0.0169. The molecule has 8 heteroatoms. The number of aryl methyl sites for hydroxylation is 1. The van der Waals surface area contributed by atoms with Crippen molar-refractivity contribution in [3.63, 3.8) is 0 Å². The van der Waals surface area contributed by atoms with Gasteiger partial charge < -0.3 is 15.0 Å². The maximum Gasteiger partial charge on any atom is 0.332 e. The molecule has 2 aliphatic rings. The second-order valence-electron chi connectivity index (χ2n) is 11.8. The fourth-order valence-electron chi connectivity index (χ4n) is 6.64. The van der Waals surface area contributed by atoms with E-state index in [4.69, 9.17) is 4.74 Å². The molecule has 3 unspecified atom stereocenters. The van der Waals surface area contributed by atoms with Gasteiger partial charge in [0.2, 0.25) is 0 Å². The highest BCUT2D eigenvalue weighted by Crippen LogP contribution is 2.45. The molecule has 0 saturated carbocycles. The second-order valence-corrected chi connectivity index (χ2v) is 11.8. The van der Waals surface area contributed by atoms with Gasteiger partial charge in [-0.1, -0.05) is 60.7 Å². The number of hydrogen-bond donors (Lipinski definition) is 2. The summed E-state index contributed by atoms with van der Waals surface area (Å²) in [6.45, 7) is 1.99. The average molecular weight is 599 g/mol. The number of hydrogen-bond acceptors (Lipinski definition) is 4. The molecule has 1 fully saturated rings. The molecular weight excluding hydrogens is 564 g/mol. The summed E-state index contributed by atoms with van der Waals surface area (Å²) in [5.74, 6) is 0.197. The first-order chi connectivity index (χ1) is 21.9. The van der Waals surface area contributed by atoms with Gasteiger partial charge in [-0.25, -0.2) is 9.69 Å². The Balaban J connectivity index is 1.15. The minimum atomic E-state index is -0.672. The standard InChI is InChI=1S/C37H34N4O4/c1-23(15-16-24-9-4-3-5-10-24)38-35(42)25-17-19-27(20-18-25)40-36(43)32-22-30-29-13-6-7-14-31(29)39-33(30)34(41(32)37(40)44)26-11-8-12-28(21-26)45-2/h3-14,17-21,23,32,34,39H,15-16,22H2,1-2H3,(H,38,42). The van der Waals surface area contributed by atoms with E-state index < -0.39 is 18.1 Å². The summed E-state index contributed by atoms with van der Waals surface area (Å²) in [6.07, 6.45) is 2.09. The van der Waals surface area contributed by atoms with Gasteiger partial charge in [-0.15, -0.1) is 0 Å². The number of nitrogens with zero attached hydrogens (tertiary/aromatic N) is 2. The largest absolute Gasteiger partial charge is 0.497 e. The van der Waals surface area contributed by atoms with Crippen LogP contribution < -0.4 is 15.0 Å². The first kappa shape index (κ1) is 28.4. The van der Waals surface area contributed by atoms with Gasteiger partial charge in [0.25, 0.3) is 11.8 Å². The van der Waals surface area contributed by atoms with Gasteiger partial charge in [-0.05, 0) is 78.9 Å². The van der Waals surface area contributed by atoms with E-state index in [9.17, 15) is 14.4 Å². The van der Waals surface area contributed by atoms with Crippen LogP contribution in [0.25, 0.3) is 10.9 Å². The summed E-state index contributed by atoms with van der Waals surface area (Å²) >= 11 is 0. The molecule has 3 atom stereocenters. The van der Waals surface area contributed by atoms with Crippen molar-refractivity contribution in [2.24, 2.45) is 0 Å². The summed E-state index contributed by atoms with van der Waals surface area (Å²) < 4.78 is 5.51. The van der Waals surface area contributed by atoms with E-state index in [-0.39, 0.29) is 17.9 Å². The van der Waals surface area contributed by atoms with Gasteiger partial charge in [0.1, 0.15) is 17.8 Å². The first-order valence-corrected chi connectivity index (χ1v) is 15.3. The SMILES string of the molecule is COc1cccc(C2c3[nH]c4ccccc4c3CC3C(=O)N(c4ccc(C(=O)NC(C)CCc5ccccc5)cc4)C(=O)N32)c1. The Morgan fingerprint density at radius 1 is 0.956 bits per heavy atom. The van der Waals surface area contributed by atoms with E-state index in [2.05, 4.69) is 22.4 Å². The molecule has 7 rings (SSSR count). The number of H-pyrrole nitrogens is 1. The quantitative estimate of drug-likeness (QED) is 0.202. The van der Waals surface area contributed by atoms with E-state index in [1.165, 1.54) is 10.5 Å². The van der Waals surface area contributed by atoms with E-state index >= 15 is 0 Å². The van der Waals surface area contributed by atoms with Crippen molar-refractivity contribution in [2.45, 2.75) is 44.3 Å². The lowest BCUT2D eigenvalue weighted by atomic mass is 9.89. The van der Waals surface area contributed by atoms with Gasteiger partial charge in [0, 0.05) is 34.6 Å². The Kier molecular flexibility index (Phi) is 7.33. The van der Waals surface area contributed by atoms with Crippen molar-refractivity contribution in [3.8, 4) is 5.75 Å². The third-order valence-electron chi connectivity index (χ3n) is 8.93. The number of benzene rings is 4. The summed E-state index contributed by atoms with van der Waals surface area (Å²) in [4.78, 5) is 47.7. The lowest BCUT2D eigenvalue weighted by Crippen LogP contribution is -2.44. The van der Waals surface area contributed by atoms with Gasteiger partial charge >= 0.3 is 6.03 Å². The Bertz CT molecular complexity index is 1900. The van der Waals surface area contributed by atoms with Crippen molar-refractivity contribution >= 4 is 34.4 Å². The summed E-state index contributed by atoms with van der Waals surface area (Å²) in [5.41, 5.74) is 5.89. The molecule has 4 amide bonds. The zero-order chi connectivity index (χ0) is 31.1. The number of urea groups is 1. The van der Waals surface area contributed by atoms with Crippen molar-refractivity contribution in [3.05, 3.63) is 131 Å². The van der Waals surface area contributed by atoms with Crippen LogP contribution in [0.15, 0.2) is 103 Å². The number of carbonyl (C=O) groups excluding carboxylic acids is 3. The number of para-hydroxylation sites is 1. The molecule has 8 nitrogen and oxygen atoms in total. The van der Waals surface area contributed by atoms with Crippen molar-refractivity contribution in [1.82, 2.24) is 15.2 Å². The highest BCUT2D eigenvalue weighted by molar-refractivity contribution is 6.22. The van der Waals surface area contributed by atoms with Crippen LogP contribution in [-0.4, -0.2) is 46.9 Å². The zero-order valence-corrected chi connectivity index (χ0v) is 25.2. The molecule has 0 bridgehead atoms. The predicted molar refractivity (Wildman–Crippen MR) is 173 cm³/mol. The molecule has 4 aromatic carbocycles. The predicted octanol–water partition coefficient (Wildman–Crippen LogP) is 6.41. The molecule has 5 aromatic rings. The molecule has 0 aliphatic carbocycles. The number of fused-ring (bicyclic) bond motifs is 4. The Morgan fingerprint density at radius 3 is 2.49 bits per heavy atom. The average Bonchev–Trinajstić information content (AvgIpc) is 3.57. The summed E-state index contributed by atoms with van der Waals surface area (Å²) in [5, 5.41) is 4.11. The molecule has 226 valence electrons. The molecule has 1 aromatic heterocycles. The van der Waals surface area contributed by atoms with Crippen LogP contribution in [0.1, 0.15) is 52.1 Å². The summed E-state index contributed by atoms with van der Waals surface area (Å²) in [7, 11) is 1.61. The number of rotatable bonds is 8. The van der Waals surface area contributed by atoms with Gasteiger partial charge in [0.05, 0.1) is 12.8 Å². The van der Waals surface area contributed by atoms with Crippen LogP contribution in [0.3, 0.4) is 0 Å². The number of methoxy groups -OCH3 is 1. The smallest absolute Gasteiger partial charge is 0.332 e. The van der Waals surface area contributed by atoms with Crippen LogP contribution >= 0.6 is 0 Å². The molecule has 3 heterocycles. The third-order valence-corrected chi connectivity index (χ3v) is 8.93. The topological polar surface area (TPSA) is 94.7 Å². The zero-order valence-electron chi connectivity index (χ0n) is 25.2. The lowest BCUT2D eigenvalue weighted by Gasteiger charge is -2.36. The van der Waals surface area contributed by atoms with Gasteiger partial charge in [0.15, 0.2) is 0 Å². The van der Waals surface area contributed by atoms with Crippen molar-refractivity contribution in [2.75, 3.05) is 12.0 Å². The normalized spacial score (nSPS) is 18.1. The van der Waals surface area contributed by atoms with Crippen molar-refractivity contribution in [1.29, 1.82) is 0 Å². The highest BCUT2D eigenvalue weighted by Gasteiger charge is 2.53. The van der Waals surface area contributed by atoms with Crippen LogP contribution in [0, 0.1) is 0 Å². The Labute approximate surface area is 261 Å². The number of amides is 4. The maximum atomic E-state index is 14.2. The van der Waals surface area contributed by atoms with E-state index in [1.807, 2.05) is 73.7 Å². The fraction of sp³-hybridized carbons (Fsp3) is 0.216. The van der Waals surface area contributed by atoms with E-state index in [1.54, 1.807) is 36.3 Å².